The van der Waals surface area contributed by atoms with E-state index in [1.807, 2.05) is 0 Å². The van der Waals surface area contributed by atoms with E-state index in [9.17, 15) is 0 Å². The van der Waals surface area contributed by atoms with Crippen LogP contribution in [0.3, 0.4) is 0 Å². The summed E-state index contributed by atoms with van der Waals surface area (Å²) in [6.07, 6.45) is 0. The highest BCUT2D eigenvalue weighted by molar-refractivity contribution is 6.17. The Hall–Kier alpha value is -8.46. The fourth-order valence-electron chi connectivity index (χ4n) is 11.3. The predicted octanol–water partition coefficient (Wildman–Crippen LogP) is 18.2. The highest BCUT2D eigenvalue weighted by atomic mass is 15.1. The minimum absolute atomic E-state index is 0.185. The molecule has 0 unspecified atom stereocenters. The Morgan fingerprint density at radius 2 is 1.01 bits per heavy atom. The first kappa shape index (κ1) is 39.9. The molecule has 68 heavy (non-hydrogen) atoms. The fraction of sp³-hybridized carbons (Fsp3) is 0.0606. The maximum Gasteiger partial charge on any atom is 0.0562 e. The van der Waals surface area contributed by atoms with Gasteiger partial charge in [0, 0.05) is 33.2 Å². The minimum atomic E-state index is -0.185. The third-order valence-electron chi connectivity index (χ3n) is 14.6. The lowest BCUT2D eigenvalue weighted by atomic mass is 9.82. The Kier molecular flexibility index (Phi) is 9.13. The number of anilines is 3. The summed E-state index contributed by atoms with van der Waals surface area (Å²) in [6, 6.07) is 87.6. The van der Waals surface area contributed by atoms with E-state index in [4.69, 9.17) is 0 Å². The monoisotopic (exact) mass is 868 g/mol. The summed E-state index contributed by atoms with van der Waals surface area (Å²) in [6.45, 7) is 6.94. The molecule has 11 aromatic carbocycles. The molecule has 322 valence electrons. The number of benzene rings is 11. The molecule has 0 spiro atoms. The van der Waals surface area contributed by atoms with Gasteiger partial charge in [-0.25, -0.2) is 0 Å². The molecule has 2 nitrogen and oxygen atoms in total. The van der Waals surface area contributed by atoms with Crippen molar-refractivity contribution in [2.24, 2.45) is 0 Å². The topological polar surface area (TPSA) is 8.17 Å². The first-order chi connectivity index (χ1) is 33.4. The number of hydrogen-bond donors (Lipinski definition) is 0. The molecular weight excluding hydrogens is 821 g/mol. The van der Waals surface area contributed by atoms with Crippen LogP contribution < -0.4 is 4.90 Å². The van der Waals surface area contributed by atoms with E-state index in [1.165, 1.54) is 99.0 Å². The van der Waals surface area contributed by atoms with Crippen molar-refractivity contribution in [3.05, 3.63) is 253 Å². The lowest BCUT2D eigenvalue weighted by molar-refractivity contribution is 0.661. The first-order valence-electron chi connectivity index (χ1n) is 23.7. The van der Waals surface area contributed by atoms with E-state index >= 15 is 0 Å². The van der Waals surface area contributed by atoms with Gasteiger partial charge in [0.15, 0.2) is 0 Å². The summed E-state index contributed by atoms with van der Waals surface area (Å²) < 4.78 is 2.44. The molecule has 0 saturated heterocycles. The van der Waals surface area contributed by atoms with E-state index in [1.54, 1.807) is 0 Å². The summed E-state index contributed by atoms with van der Waals surface area (Å²) in [7, 11) is 0. The standard InChI is InChI=1S/C66H48N2/c1-43-14-12-18-48(40-43)45-28-33-51(34-29-45)67(53-37-38-57-60(42-53)66(2,3)59-39-32-46-16-6-7-21-56(46)64(57)59)62-24-13-25-63-65(62)58-22-10-11-23-61(58)68(63)52-35-30-47(31-36-52)54-19-8-9-20-55(54)50-27-26-44-15-4-5-17-49(44)41-50/h4-42H,1-3H3. The third kappa shape index (κ3) is 6.32. The van der Waals surface area contributed by atoms with Crippen LogP contribution >= 0.6 is 0 Å². The summed E-state index contributed by atoms with van der Waals surface area (Å²) >= 11 is 0. The van der Waals surface area contributed by atoms with Gasteiger partial charge in [-0.1, -0.05) is 195 Å². The lowest BCUT2D eigenvalue weighted by Gasteiger charge is -2.29. The molecule has 0 N–H and O–H groups in total. The normalized spacial score (nSPS) is 12.8. The largest absolute Gasteiger partial charge is 0.310 e. The number of nitrogens with zero attached hydrogens (tertiary/aromatic N) is 2. The summed E-state index contributed by atoms with van der Waals surface area (Å²) in [5.74, 6) is 0. The smallest absolute Gasteiger partial charge is 0.0562 e. The fourth-order valence-corrected chi connectivity index (χ4v) is 11.3. The molecule has 0 aliphatic heterocycles. The molecule has 0 amide bonds. The van der Waals surface area contributed by atoms with Gasteiger partial charge in [-0.2, -0.15) is 0 Å². The van der Waals surface area contributed by atoms with Crippen LogP contribution in [-0.2, 0) is 5.41 Å². The van der Waals surface area contributed by atoms with Gasteiger partial charge in [-0.3, -0.25) is 0 Å². The van der Waals surface area contributed by atoms with Crippen LogP contribution in [0.15, 0.2) is 237 Å². The zero-order valence-corrected chi connectivity index (χ0v) is 38.4. The van der Waals surface area contributed by atoms with E-state index in [-0.39, 0.29) is 5.41 Å². The van der Waals surface area contributed by atoms with Gasteiger partial charge in [0.1, 0.15) is 0 Å². The van der Waals surface area contributed by atoms with Crippen molar-refractivity contribution in [3.8, 4) is 50.2 Å². The van der Waals surface area contributed by atoms with Crippen molar-refractivity contribution >= 4 is 60.4 Å². The van der Waals surface area contributed by atoms with Crippen LogP contribution in [0.5, 0.6) is 0 Å². The predicted molar refractivity (Wildman–Crippen MR) is 289 cm³/mol. The molecule has 2 heteroatoms. The highest BCUT2D eigenvalue weighted by Gasteiger charge is 2.37. The number of para-hydroxylation sites is 1. The van der Waals surface area contributed by atoms with E-state index in [0.717, 1.165) is 28.3 Å². The molecule has 0 saturated carbocycles. The molecule has 0 bridgehead atoms. The molecule has 1 aromatic heterocycles. The third-order valence-corrected chi connectivity index (χ3v) is 14.6. The molecular formula is C66H48N2. The summed E-state index contributed by atoms with van der Waals surface area (Å²) in [4.78, 5) is 2.49. The molecule has 1 aliphatic carbocycles. The second kappa shape index (κ2) is 15.6. The van der Waals surface area contributed by atoms with Crippen molar-refractivity contribution in [1.29, 1.82) is 0 Å². The van der Waals surface area contributed by atoms with Crippen molar-refractivity contribution in [1.82, 2.24) is 4.57 Å². The maximum absolute atomic E-state index is 2.49. The van der Waals surface area contributed by atoms with Crippen LogP contribution in [0, 0.1) is 6.92 Å². The second-order valence-corrected chi connectivity index (χ2v) is 19.0. The van der Waals surface area contributed by atoms with Crippen LogP contribution in [0.2, 0.25) is 0 Å². The molecule has 13 rings (SSSR count). The van der Waals surface area contributed by atoms with Gasteiger partial charge >= 0.3 is 0 Å². The zero-order chi connectivity index (χ0) is 45.5. The summed E-state index contributed by atoms with van der Waals surface area (Å²) in [5.41, 5.74) is 20.6. The van der Waals surface area contributed by atoms with E-state index < -0.39 is 0 Å². The minimum Gasteiger partial charge on any atom is -0.310 e. The van der Waals surface area contributed by atoms with Gasteiger partial charge < -0.3 is 9.47 Å². The van der Waals surface area contributed by atoms with Crippen molar-refractivity contribution < 1.29 is 0 Å². The van der Waals surface area contributed by atoms with Gasteiger partial charge in [0.25, 0.3) is 0 Å². The average molecular weight is 869 g/mol. The highest BCUT2D eigenvalue weighted by Crippen LogP contribution is 2.54. The zero-order valence-electron chi connectivity index (χ0n) is 38.4. The first-order valence-corrected chi connectivity index (χ1v) is 23.7. The van der Waals surface area contributed by atoms with Crippen molar-refractivity contribution in [2.75, 3.05) is 4.90 Å². The summed E-state index contributed by atoms with van der Waals surface area (Å²) in [5, 5.41) is 7.52. The van der Waals surface area contributed by atoms with Crippen LogP contribution in [-0.4, -0.2) is 4.57 Å². The van der Waals surface area contributed by atoms with Gasteiger partial charge in [-0.05, 0) is 145 Å². The molecule has 1 heterocycles. The Morgan fingerprint density at radius 3 is 1.82 bits per heavy atom. The Balaban J connectivity index is 0.970. The van der Waals surface area contributed by atoms with Crippen molar-refractivity contribution in [2.45, 2.75) is 26.2 Å². The second-order valence-electron chi connectivity index (χ2n) is 19.0. The Morgan fingerprint density at radius 1 is 0.382 bits per heavy atom. The van der Waals surface area contributed by atoms with E-state index in [0.29, 0.717) is 0 Å². The average Bonchev–Trinajstić information content (AvgIpc) is 3.85. The number of hydrogen-bond acceptors (Lipinski definition) is 1. The Labute approximate surface area is 397 Å². The Bertz CT molecular complexity index is 3940. The molecule has 0 fully saturated rings. The number of rotatable bonds is 7. The molecule has 1 aliphatic rings. The number of fused-ring (bicyclic) bond motifs is 9. The number of aryl methyl sites for hydroxylation is 1. The molecule has 0 radical (unpaired) electrons. The van der Waals surface area contributed by atoms with Gasteiger partial charge in [0.05, 0.1) is 16.7 Å². The maximum atomic E-state index is 2.49. The molecule has 0 atom stereocenters. The van der Waals surface area contributed by atoms with E-state index in [2.05, 4.69) is 267 Å². The number of aromatic nitrogens is 1. The van der Waals surface area contributed by atoms with Gasteiger partial charge in [0.2, 0.25) is 0 Å². The SMILES string of the molecule is Cc1cccc(-c2ccc(N(c3ccc4c(c3)C(C)(C)c3ccc5ccccc5c3-4)c3cccc4c3c3ccccc3n4-c3ccc(-c4ccccc4-c4ccc5ccccc5c4)cc3)cc2)c1. The van der Waals surface area contributed by atoms with Crippen molar-refractivity contribution in [3.63, 3.8) is 0 Å². The van der Waals surface area contributed by atoms with Gasteiger partial charge in [-0.15, -0.1) is 0 Å². The quantitative estimate of drug-likeness (QED) is 0.155. The van der Waals surface area contributed by atoms with Crippen LogP contribution in [0.1, 0.15) is 30.5 Å². The lowest BCUT2D eigenvalue weighted by Crippen LogP contribution is -2.16. The van der Waals surface area contributed by atoms with Crippen LogP contribution in [0.4, 0.5) is 17.1 Å². The van der Waals surface area contributed by atoms with Crippen LogP contribution in [0.25, 0.3) is 93.5 Å². The molecule has 12 aromatic rings.